The lowest BCUT2D eigenvalue weighted by Crippen LogP contribution is -2.15. The van der Waals surface area contributed by atoms with E-state index in [9.17, 15) is 4.79 Å². The van der Waals surface area contributed by atoms with Crippen molar-refractivity contribution in [1.82, 2.24) is 4.98 Å². The van der Waals surface area contributed by atoms with Crippen molar-refractivity contribution in [2.75, 3.05) is 12.4 Å². The van der Waals surface area contributed by atoms with Crippen LogP contribution >= 0.6 is 0 Å². The van der Waals surface area contributed by atoms with E-state index >= 15 is 0 Å². The van der Waals surface area contributed by atoms with Crippen LogP contribution in [0.1, 0.15) is 13.3 Å². The maximum Gasteiger partial charge on any atom is 0.227 e. The average molecular weight is 256 g/mol. The molecule has 2 aromatic rings. The number of rotatable bonds is 3. The molecule has 0 aliphatic heterocycles. The van der Waals surface area contributed by atoms with Gasteiger partial charge in [-0.3, -0.25) is 9.78 Å². The van der Waals surface area contributed by atoms with Gasteiger partial charge in [-0.2, -0.15) is 0 Å². The summed E-state index contributed by atoms with van der Waals surface area (Å²) in [4.78, 5) is 16.4. The first-order valence-corrected chi connectivity index (χ1v) is 6.43. The number of carbonyl (C=O) groups is 1. The number of pyridine rings is 1. The smallest absolute Gasteiger partial charge is 0.227 e. The zero-order chi connectivity index (χ0) is 13.4. The maximum atomic E-state index is 12.1. The fraction of sp³-hybridized carbons (Fsp3) is 0.333. The van der Waals surface area contributed by atoms with Crippen LogP contribution in [-0.2, 0) is 4.79 Å². The first-order chi connectivity index (χ1) is 9.20. The minimum atomic E-state index is 0.0714. The number of fused-ring (bicyclic) bond motifs is 1. The Labute approximate surface area is 111 Å². The highest BCUT2D eigenvalue weighted by atomic mass is 16.5. The van der Waals surface area contributed by atoms with Crippen LogP contribution in [0.3, 0.4) is 0 Å². The van der Waals surface area contributed by atoms with E-state index in [0.717, 1.165) is 23.0 Å². The van der Waals surface area contributed by atoms with Crippen LogP contribution in [0.15, 0.2) is 30.5 Å². The Morgan fingerprint density at radius 2 is 2.21 bits per heavy atom. The number of hydrogen-bond acceptors (Lipinski definition) is 3. The number of methoxy groups -OCH3 is 1. The Balaban J connectivity index is 2.02. The maximum absolute atomic E-state index is 12.1. The molecule has 1 fully saturated rings. The summed E-state index contributed by atoms with van der Waals surface area (Å²) in [5, 5.41) is 3.90. The van der Waals surface area contributed by atoms with Crippen molar-refractivity contribution in [2.45, 2.75) is 13.3 Å². The minimum absolute atomic E-state index is 0.0714. The third kappa shape index (κ3) is 2.14. The summed E-state index contributed by atoms with van der Waals surface area (Å²) in [5.74, 6) is 1.36. The van der Waals surface area contributed by atoms with E-state index in [1.54, 1.807) is 13.3 Å². The van der Waals surface area contributed by atoms with Crippen molar-refractivity contribution in [2.24, 2.45) is 11.8 Å². The monoisotopic (exact) mass is 256 g/mol. The third-order valence-corrected chi connectivity index (χ3v) is 3.66. The number of carbonyl (C=O) groups excluding carboxylic acids is 1. The summed E-state index contributed by atoms with van der Waals surface area (Å²) in [6, 6.07) is 7.53. The van der Waals surface area contributed by atoms with E-state index in [1.165, 1.54) is 0 Å². The number of nitrogens with zero attached hydrogens (tertiary/aromatic N) is 1. The molecule has 3 rings (SSSR count). The summed E-state index contributed by atoms with van der Waals surface area (Å²) in [5.41, 5.74) is 1.57. The molecule has 1 N–H and O–H groups in total. The quantitative estimate of drug-likeness (QED) is 0.918. The highest BCUT2D eigenvalue weighted by Gasteiger charge is 2.39. The number of nitrogens with one attached hydrogen (secondary N) is 1. The standard InChI is InChI=1S/C15H16N2O2/c1-9-8-11(9)15(18)17-14-10-4-3-7-16-12(10)5-6-13(14)19-2/h3-7,9,11H,8H2,1-2H3,(H,17,18). The Morgan fingerprint density at radius 3 is 2.89 bits per heavy atom. The van der Waals surface area contributed by atoms with Crippen molar-refractivity contribution in [3.63, 3.8) is 0 Å². The van der Waals surface area contributed by atoms with Crippen molar-refractivity contribution in [3.8, 4) is 5.75 Å². The molecule has 1 aromatic heterocycles. The summed E-state index contributed by atoms with van der Waals surface area (Å²) >= 11 is 0. The first kappa shape index (κ1) is 12.0. The summed E-state index contributed by atoms with van der Waals surface area (Å²) in [7, 11) is 1.60. The number of benzene rings is 1. The highest BCUT2D eigenvalue weighted by Crippen LogP contribution is 2.40. The molecule has 0 spiro atoms. The average Bonchev–Trinajstić information content (AvgIpc) is 3.16. The number of amides is 1. The zero-order valence-corrected chi connectivity index (χ0v) is 11.0. The largest absolute Gasteiger partial charge is 0.495 e. The van der Waals surface area contributed by atoms with Gasteiger partial charge in [0.15, 0.2) is 0 Å². The van der Waals surface area contributed by atoms with E-state index in [4.69, 9.17) is 4.74 Å². The Kier molecular flexibility index (Phi) is 2.85. The zero-order valence-electron chi connectivity index (χ0n) is 11.0. The van der Waals surface area contributed by atoms with Gasteiger partial charge in [-0.05, 0) is 36.6 Å². The molecule has 1 aliphatic carbocycles. The predicted octanol–water partition coefficient (Wildman–Crippen LogP) is 2.84. The second-order valence-electron chi connectivity index (χ2n) is 5.02. The lowest BCUT2D eigenvalue weighted by Gasteiger charge is -2.12. The van der Waals surface area contributed by atoms with Crippen molar-refractivity contribution >= 4 is 22.5 Å². The molecule has 1 aromatic carbocycles. The molecule has 1 heterocycles. The second kappa shape index (κ2) is 4.53. The van der Waals surface area contributed by atoms with Gasteiger partial charge in [0.25, 0.3) is 0 Å². The van der Waals surface area contributed by atoms with E-state index in [-0.39, 0.29) is 11.8 Å². The van der Waals surface area contributed by atoms with Crippen LogP contribution in [0.2, 0.25) is 0 Å². The van der Waals surface area contributed by atoms with Crippen LogP contribution in [-0.4, -0.2) is 18.0 Å². The molecular weight excluding hydrogens is 240 g/mol. The topological polar surface area (TPSA) is 51.2 Å². The van der Waals surface area contributed by atoms with E-state index in [2.05, 4.69) is 17.2 Å². The van der Waals surface area contributed by atoms with Crippen molar-refractivity contribution < 1.29 is 9.53 Å². The molecule has 2 atom stereocenters. The van der Waals surface area contributed by atoms with Gasteiger partial charge in [0.2, 0.25) is 5.91 Å². The Bertz CT molecular complexity index is 639. The highest BCUT2D eigenvalue weighted by molar-refractivity contribution is 6.04. The van der Waals surface area contributed by atoms with Crippen LogP contribution < -0.4 is 10.1 Å². The van der Waals surface area contributed by atoms with Crippen molar-refractivity contribution in [1.29, 1.82) is 0 Å². The third-order valence-electron chi connectivity index (χ3n) is 3.66. The summed E-state index contributed by atoms with van der Waals surface area (Å²) in [6.07, 6.45) is 2.71. The van der Waals surface area contributed by atoms with Crippen molar-refractivity contribution in [3.05, 3.63) is 30.5 Å². The number of ether oxygens (including phenoxy) is 1. The molecule has 1 amide bonds. The molecule has 4 heteroatoms. The number of hydrogen-bond donors (Lipinski definition) is 1. The van der Waals surface area contributed by atoms with Crippen LogP contribution in [0.4, 0.5) is 5.69 Å². The molecule has 2 unspecified atom stereocenters. The van der Waals surface area contributed by atoms with Gasteiger partial charge in [-0.15, -0.1) is 0 Å². The molecule has 4 nitrogen and oxygen atoms in total. The minimum Gasteiger partial charge on any atom is -0.495 e. The van der Waals surface area contributed by atoms with E-state index < -0.39 is 0 Å². The van der Waals surface area contributed by atoms with Crippen LogP contribution in [0, 0.1) is 11.8 Å². The van der Waals surface area contributed by atoms with E-state index in [1.807, 2.05) is 24.3 Å². The second-order valence-corrected chi connectivity index (χ2v) is 5.02. The molecule has 0 radical (unpaired) electrons. The number of aromatic nitrogens is 1. The predicted molar refractivity (Wildman–Crippen MR) is 74.2 cm³/mol. The van der Waals surface area contributed by atoms with Gasteiger partial charge in [0.05, 0.1) is 18.3 Å². The number of anilines is 1. The van der Waals surface area contributed by atoms with Gasteiger partial charge < -0.3 is 10.1 Å². The molecule has 0 bridgehead atoms. The normalized spacial score (nSPS) is 21.2. The summed E-state index contributed by atoms with van der Waals surface area (Å²) < 4.78 is 5.34. The lowest BCUT2D eigenvalue weighted by atomic mass is 10.1. The van der Waals surface area contributed by atoms with Gasteiger partial charge in [0, 0.05) is 17.5 Å². The molecule has 0 saturated heterocycles. The van der Waals surface area contributed by atoms with Gasteiger partial charge in [-0.25, -0.2) is 0 Å². The Morgan fingerprint density at radius 1 is 1.42 bits per heavy atom. The van der Waals surface area contributed by atoms with Gasteiger partial charge in [-0.1, -0.05) is 6.92 Å². The lowest BCUT2D eigenvalue weighted by molar-refractivity contribution is -0.117. The summed E-state index contributed by atoms with van der Waals surface area (Å²) in [6.45, 7) is 2.09. The molecule has 1 saturated carbocycles. The first-order valence-electron chi connectivity index (χ1n) is 6.43. The molecule has 19 heavy (non-hydrogen) atoms. The van der Waals surface area contributed by atoms with Gasteiger partial charge in [0.1, 0.15) is 5.75 Å². The van der Waals surface area contributed by atoms with Crippen LogP contribution in [0.5, 0.6) is 5.75 Å². The fourth-order valence-corrected chi connectivity index (χ4v) is 2.33. The Hall–Kier alpha value is -2.10. The SMILES string of the molecule is COc1ccc2ncccc2c1NC(=O)C1CC1C. The molecule has 1 aliphatic rings. The molecule has 98 valence electrons. The molecular formula is C15H16N2O2. The van der Waals surface area contributed by atoms with Crippen LogP contribution in [0.25, 0.3) is 10.9 Å². The fourth-order valence-electron chi connectivity index (χ4n) is 2.33. The van der Waals surface area contributed by atoms with Gasteiger partial charge >= 0.3 is 0 Å². The van der Waals surface area contributed by atoms with E-state index in [0.29, 0.717) is 11.7 Å².